The molecule has 1 heterocycles. The highest BCUT2D eigenvalue weighted by Crippen LogP contribution is 2.35. The van der Waals surface area contributed by atoms with Crippen LogP contribution < -0.4 is 5.73 Å². The van der Waals surface area contributed by atoms with Gasteiger partial charge < -0.3 is 10.9 Å². The van der Waals surface area contributed by atoms with Gasteiger partial charge in [-0.1, -0.05) is 29.1 Å². The topological polar surface area (TPSA) is 71.5 Å². The zero-order chi connectivity index (χ0) is 13.8. The molecule has 4 nitrogen and oxygen atoms in total. The SMILES string of the molecule is Cc1cccc(/C(N)=N/O)c1Sc1ncccc1Br. The van der Waals surface area contributed by atoms with E-state index in [1.165, 1.54) is 11.8 Å². The zero-order valence-electron chi connectivity index (χ0n) is 10.2. The van der Waals surface area contributed by atoms with Crippen LogP contribution in [0.15, 0.2) is 56.1 Å². The lowest BCUT2D eigenvalue weighted by Gasteiger charge is -2.11. The first-order valence-electron chi connectivity index (χ1n) is 5.49. The molecule has 0 aliphatic rings. The van der Waals surface area contributed by atoms with Gasteiger partial charge in [-0.05, 0) is 46.6 Å². The van der Waals surface area contributed by atoms with E-state index in [4.69, 9.17) is 10.9 Å². The molecule has 6 heteroatoms. The average Bonchev–Trinajstić information content (AvgIpc) is 2.42. The second-order valence-electron chi connectivity index (χ2n) is 3.83. The fourth-order valence-corrected chi connectivity index (χ4v) is 3.07. The monoisotopic (exact) mass is 337 g/mol. The van der Waals surface area contributed by atoms with Crippen molar-refractivity contribution in [2.75, 3.05) is 0 Å². The van der Waals surface area contributed by atoms with Gasteiger partial charge in [-0.3, -0.25) is 0 Å². The van der Waals surface area contributed by atoms with Crippen LogP contribution >= 0.6 is 27.7 Å². The van der Waals surface area contributed by atoms with Crippen molar-refractivity contribution in [3.8, 4) is 0 Å². The van der Waals surface area contributed by atoms with E-state index in [0.717, 1.165) is 20.0 Å². The van der Waals surface area contributed by atoms with Gasteiger partial charge in [0.05, 0.1) is 4.47 Å². The van der Waals surface area contributed by atoms with Crippen molar-refractivity contribution in [3.63, 3.8) is 0 Å². The van der Waals surface area contributed by atoms with Crippen LogP contribution in [0.5, 0.6) is 0 Å². The van der Waals surface area contributed by atoms with E-state index in [9.17, 15) is 0 Å². The summed E-state index contributed by atoms with van der Waals surface area (Å²) < 4.78 is 0.911. The van der Waals surface area contributed by atoms with Crippen molar-refractivity contribution >= 4 is 33.5 Å². The van der Waals surface area contributed by atoms with Gasteiger partial charge >= 0.3 is 0 Å². The van der Waals surface area contributed by atoms with Crippen molar-refractivity contribution in [2.24, 2.45) is 10.9 Å². The first-order valence-corrected chi connectivity index (χ1v) is 7.10. The standard InChI is InChI=1S/C13H12BrN3OS/c1-8-4-2-5-9(12(15)17-18)11(8)19-13-10(14)6-3-7-16-13/h2-7,18H,1H3,(H2,15,17). The summed E-state index contributed by atoms with van der Waals surface area (Å²) >= 11 is 4.94. The minimum absolute atomic E-state index is 0.0956. The molecule has 1 aromatic heterocycles. The number of nitrogens with zero attached hydrogens (tertiary/aromatic N) is 2. The summed E-state index contributed by atoms with van der Waals surface area (Å²) in [5, 5.41) is 12.8. The van der Waals surface area contributed by atoms with Crippen molar-refractivity contribution < 1.29 is 5.21 Å². The van der Waals surface area contributed by atoms with Gasteiger partial charge in [0.1, 0.15) is 5.03 Å². The minimum atomic E-state index is 0.0956. The Hall–Kier alpha value is -1.53. The second kappa shape index (κ2) is 6.08. The number of amidine groups is 1. The molecule has 2 rings (SSSR count). The summed E-state index contributed by atoms with van der Waals surface area (Å²) in [4.78, 5) is 5.24. The largest absolute Gasteiger partial charge is 0.409 e. The van der Waals surface area contributed by atoms with Crippen LogP contribution in [0.2, 0.25) is 0 Å². The van der Waals surface area contributed by atoms with E-state index in [0.29, 0.717) is 5.56 Å². The Kier molecular flexibility index (Phi) is 4.44. The van der Waals surface area contributed by atoms with Crippen molar-refractivity contribution in [3.05, 3.63) is 52.1 Å². The average molecular weight is 338 g/mol. The van der Waals surface area contributed by atoms with Crippen molar-refractivity contribution in [2.45, 2.75) is 16.8 Å². The maximum atomic E-state index is 8.85. The summed E-state index contributed by atoms with van der Waals surface area (Å²) in [6, 6.07) is 9.46. The zero-order valence-corrected chi connectivity index (χ0v) is 12.6. The molecule has 19 heavy (non-hydrogen) atoms. The summed E-state index contributed by atoms with van der Waals surface area (Å²) in [5.41, 5.74) is 7.46. The molecular formula is C13H12BrN3OS. The maximum absolute atomic E-state index is 8.85. The van der Waals surface area contributed by atoms with Gasteiger partial charge in [0.15, 0.2) is 5.84 Å². The highest BCUT2D eigenvalue weighted by Gasteiger charge is 2.13. The lowest BCUT2D eigenvalue weighted by molar-refractivity contribution is 0.318. The number of benzene rings is 1. The van der Waals surface area contributed by atoms with E-state index >= 15 is 0 Å². The van der Waals surface area contributed by atoms with Gasteiger partial charge in [-0.25, -0.2) is 4.98 Å². The summed E-state index contributed by atoms with van der Waals surface area (Å²) in [6.45, 7) is 1.98. The molecule has 3 N–H and O–H groups in total. The molecule has 1 aromatic carbocycles. The van der Waals surface area contributed by atoms with E-state index in [-0.39, 0.29) is 5.84 Å². The Morgan fingerprint density at radius 2 is 2.16 bits per heavy atom. The maximum Gasteiger partial charge on any atom is 0.171 e. The van der Waals surface area contributed by atoms with Gasteiger partial charge in [0.2, 0.25) is 0 Å². The van der Waals surface area contributed by atoms with Crippen LogP contribution in [0.4, 0.5) is 0 Å². The number of hydrogen-bond acceptors (Lipinski definition) is 4. The highest BCUT2D eigenvalue weighted by atomic mass is 79.9. The molecule has 0 amide bonds. The normalized spacial score (nSPS) is 11.6. The Morgan fingerprint density at radius 1 is 1.37 bits per heavy atom. The van der Waals surface area contributed by atoms with Crippen LogP contribution in [0.1, 0.15) is 11.1 Å². The van der Waals surface area contributed by atoms with E-state index in [1.54, 1.807) is 6.20 Å². The quantitative estimate of drug-likeness (QED) is 0.389. The molecule has 0 saturated heterocycles. The van der Waals surface area contributed by atoms with Gasteiger partial charge in [0.25, 0.3) is 0 Å². The molecule has 98 valence electrons. The van der Waals surface area contributed by atoms with Crippen LogP contribution in [-0.2, 0) is 0 Å². The summed E-state index contributed by atoms with van der Waals surface area (Å²) in [5.74, 6) is 0.0956. The third-order valence-electron chi connectivity index (χ3n) is 2.52. The van der Waals surface area contributed by atoms with Gasteiger partial charge in [0, 0.05) is 16.7 Å². The lowest BCUT2D eigenvalue weighted by atomic mass is 10.1. The fraction of sp³-hybridized carbons (Fsp3) is 0.0769. The van der Waals surface area contributed by atoms with E-state index in [2.05, 4.69) is 26.1 Å². The number of aryl methyl sites for hydroxylation is 1. The van der Waals surface area contributed by atoms with Crippen LogP contribution in [0.25, 0.3) is 0 Å². The number of hydrogen-bond donors (Lipinski definition) is 2. The van der Waals surface area contributed by atoms with E-state index in [1.807, 2.05) is 37.3 Å². The number of aromatic nitrogens is 1. The Bertz CT molecular complexity index is 631. The first-order chi connectivity index (χ1) is 9.13. The van der Waals surface area contributed by atoms with Crippen LogP contribution in [-0.4, -0.2) is 16.0 Å². The predicted molar refractivity (Wildman–Crippen MR) is 79.7 cm³/mol. The molecule has 0 saturated carbocycles. The van der Waals surface area contributed by atoms with Crippen LogP contribution in [0.3, 0.4) is 0 Å². The molecule has 0 aliphatic heterocycles. The number of rotatable bonds is 3. The van der Waals surface area contributed by atoms with Crippen molar-refractivity contribution in [1.82, 2.24) is 4.98 Å². The van der Waals surface area contributed by atoms with Crippen molar-refractivity contribution in [1.29, 1.82) is 0 Å². The molecule has 0 unspecified atom stereocenters. The third kappa shape index (κ3) is 3.08. The number of halogens is 1. The molecular weight excluding hydrogens is 326 g/mol. The van der Waals surface area contributed by atoms with Gasteiger partial charge in [-0.2, -0.15) is 0 Å². The molecule has 0 aliphatic carbocycles. The number of oxime groups is 1. The molecule has 0 spiro atoms. The highest BCUT2D eigenvalue weighted by molar-refractivity contribution is 9.10. The molecule has 0 atom stereocenters. The Labute approximate surface area is 123 Å². The number of nitrogens with two attached hydrogens (primary N) is 1. The lowest BCUT2D eigenvalue weighted by Crippen LogP contribution is -2.14. The molecule has 0 radical (unpaired) electrons. The molecule has 0 bridgehead atoms. The summed E-state index contributed by atoms with van der Waals surface area (Å²) in [7, 11) is 0. The second-order valence-corrected chi connectivity index (χ2v) is 5.68. The first kappa shape index (κ1) is 13.9. The summed E-state index contributed by atoms with van der Waals surface area (Å²) in [6.07, 6.45) is 1.73. The van der Waals surface area contributed by atoms with Gasteiger partial charge in [-0.15, -0.1) is 0 Å². The number of pyridine rings is 1. The Balaban J connectivity index is 2.48. The molecule has 0 fully saturated rings. The molecule has 2 aromatic rings. The smallest absolute Gasteiger partial charge is 0.171 e. The van der Waals surface area contributed by atoms with Crippen LogP contribution in [0, 0.1) is 6.92 Å². The van der Waals surface area contributed by atoms with E-state index < -0.39 is 0 Å². The Morgan fingerprint density at radius 3 is 2.84 bits per heavy atom. The fourth-order valence-electron chi connectivity index (χ4n) is 1.59. The third-order valence-corrected chi connectivity index (χ3v) is 4.69. The minimum Gasteiger partial charge on any atom is -0.409 e. The predicted octanol–water partition coefficient (Wildman–Crippen LogP) is 3.40.